The third kappa shape index (κ3) is 4.47. The Balaban J connectivity index is 1.90. The normalized spacial score (nSPS) is 17.4. The van der Waals surface area contributed by atoms with E-state index in [1.807, 2.05) is 0 Å². The van der Waals surface area contributed by atoms with Crippen LogP contribution in [-0.4, -0.2) is 37.4 Å². The van der Waals surface area contributed by atoms with Gasteiger partial charge in [0.25, 0.3) is 11.7 Å². The molecule has 0 radical (unpaired) electrons. The van der Waals surface area contributed by atoms with Crippen LogP contribution in [0.4, 0.5) is 18.9 Å². The molecule has 1 fully saturated rings. The van der Waals surface area contributed by atoms with Crippen LogP contribution in [0.25, 0.3) is 5.76 Å². The molecule has 36 heavy (non-hydrogen) atoms. The summed E-state index contributed by atoms with van der Waals surface area (Å²) < 4.78 is 58.0. The zero-order valence-corrected chi connectivity index (χ0v) is 19.3. The van der Waals surface area contributed by atoms with Crippen LogP contribution in [0.5, 0.6) is 17.2 Å². The molecule has 1 saturated heterocycles. The number of anilines is 1. The lowest BCUT2D eigenvalue weighted by Gasteiger charge is -2.24. The molecule has 0 bridgehead atoms. The lowest BCUT2D eigenvalue weighted by Crippen LogP contribution is -2.29. The van der Waals surface area contributed by atoms with Gasteiger partial charge in [0, 0.05) is 5.69 Å². The number of hydrogen-bond acceptors (Lipinski definition) is 7. The van der Waals surface area contributed by atoms with Crippen LogP contribution in [0.3, 0.4) is 0 Å². The summed E-state index contributed by atoms with van der Waals surface area (Å²) in [5.41, 5.74) is -0.188. The summed E-state index contributed by atoms with van der Waals surface area (Å²) in [6.45, 7) is 1.65. The summed E-state index contributed by atoms with van der Waals surface area (Å²) in [6.07, 6.45) is -4.90. The summed E-state index contributed by atoms with van der Waals surface area (Å²) in [5, 5.41) is 11.3. The van der Waals surface area contributed by atoms with Gasteiger partial charge in [0.15, 0.2) is 0 Å². The average Bonchev–Trinajstić information content (AvgIpc) is 3.38. The highest BCUT2D eigenvalue weighted by atomic mass is 19.4. The summed E-state index contributed by atoms with van der Waals surface area (Å²) >= 11 is 0. The summed E-state index contributed by atoms with van der Waals surface area (Å²) in [4.78, 5) is 27.5. The van der Waals surface area contributed by atoms with Crippen LogP contribution in [0.1, 0.15) is 23.1 Å². The van der Waals surface area contributed by atoms with Crippen LogP contribution >= 0.6 is 0 Å². The number of rotatable bonds is 6. The second kappa shape index (κ2) is 9.33. The molecule has 2 aromatic carbocycles. The number of hydrogen-bond donors (Lipinski definition) is 1. The third-order valence-electron chi connectivity index (χ3n) is 5.49. The maximum Gasteiger partial charge on any atom is 0.573 e. The van der Waals surface area contributed by atoms with Gasteiger partial charge in [-0.15, -0.1) is 13.2 Å². The number of ketones is 1. The average molecular weight is 503 g/mol. The predicted octanol–water partition coefficient (Wildman–Crippen LogP) is 5.13. The monoisotopic (exact) mass is 503 g/mol. The van der Waals surface area contributed by atoms with E-state index in [0.29, 0.717) is 5.76 Å². The van der Waals surface area contributed by atoms with Crippen molar-refractivity contribution in [3.63, 3.8) is 0 Å². The molecule has 4 rings (SSSR count). The fourth-order valence-electron chi connectivity index (χ4n) is 4.00. The van der Waals surface area contributed by atoms with Gasteiger partial charge in [-0.25, -0.2) is 0 Å². The van der Waals surface area contributed by atoms with E-state index in [1.165, 1.54) is 32.4 Å². The van der Waals surface area contributed by atoms with E-state index in [9.17, 15) is 27.9 Å². The van der Waals surface area contributed by atoms with Gasteiger partial charge in [-0.05, 0) is 55.5 Å². The standard InChI is InChI=1S/C25H20F3NO7/c1-13-7-12-18(35-13)21-20(22(30)19-16(33-2)5-4-6-17(19)34-3)23(31)24(32)29(21)14-8-10-15(11-9-14)36-25(26,27)28/h4-12,21,30H,1-3H3/b22-20+. The number of nitrogens with zero attached hydrogens (tertiary/aromatic N) is 1. The Bertz CT molecular complexity index is 1320. The number of Topliss-reactive ketones (excluding diaryl/α,β-unsaturated/α-hetero) is 1. The Morgan fingerprint density at radius 1 is 0.972 bits per heavy atom. The molecular weight excluding hydrogens is 483 g/mol. The van der Waals surface area contributed by atoms with Crippen molar-refractivity contribution in [2.75, 3.05) is 19.1 Å². The number of furan rings is 1. The summed E-state index contributed by atoms with van der Waals surface area (Å²) in [5.74, 6) is -2.14. The first-order valence-electron chi connectivity index (χ1n) is 10.5. The van der Waals surface area contributed by atoms with Crippen molar-refractivity contribution in [1.29, 1.82) is 0 Å². The SMILES string of the molecule is COc1cccc(OC)c1/C(O)=C1\C(=O)C(=O)N(c2ccc(OC(F)(F)F)cc2)C1c1ccc(C)o1. The first kappa shape index (κ1) is 24.7. The van der Waals surface area contributed by atoms with Gasteiger partial charge in [0.1, 0.15) is 46.1 Å². The minimum absolute atomic E-state index is 0.0442. The zero-order chi connectivity index (χ0) is 26.2. The van der Waals surface area contributed by atoms with Crippen LogP contribution in [0.15, 0.2) is 64.6 Å². The lowest BCUT2D eigenvalue weighted by atomic mass is 9.98. The van der Waals surface area contributed by atoms with Crippen molar-refractivity contribution in [1.82, 2.24) is 0 Å². The van der Waals surface area contributed by atoms with Crippen molar-refractivity contribution in [2.45, 2.75) is 19.3 Å². The Morgan fingerprint density at radius 2 is 1.58 bits per heavy atom. The number of amides is 1. The Morgan fingerprint density at radius 3 is 2.08 bits per heavy atom. The first-order chi connectivity index (χ1) is 17.1. The first-order valence-corrected chi connectivity index (χ1v) is 10.5. The maximum absolute atomic E-state index is 13.2. The van der Waals surface area contributed by atoms with Crippen LogP contribution in [0, 0.1) is 6.92 Å². The molecule has 1 aliphatic heterocycles. The van der Waals surface area contributed by atoms with E-state index >= 15 is 0 Å². The highest BCUT2D eigenvalue weighted by Crippen LogP contribution is 2.45. The van der Waals surface area contributed by atoms with Crippen LogP contribution < -0.4 is 19.1 Å². The number of ether oxygens (including phenoxy) is 3. The Labute approximate surface area is 203 Å². The van der Waals surface area contributed by atoms with Gasteiger partial charge >= 0.3 is 6.36 Å². The minimum Gasteiger partial charge on any atom is -0.506 e. The van der Waals surface area contributed by atoms with E-state index in [2.05, 4.69) is 4.74 Å². The molecule has 0 spiro atoms. The smallest absolute Gasteiger partial charge is 0.506 e. The highest BCUT2D eigenvalue weighted by molar-refractivity contribution is 6.51. The summed E-state index contributed by atoms with van der Waals surface area (Å²) in [6, 6.07) is 11.0. The number of carbonyl (C=O) groups is 2. The Hall–Kier alpha value is -4.41. The molecule has 0 saturated carbocycles. The second-order valence-corrected chi connectivity index (χ2v) is 7.70. The Kier molecular flexibility index (Phi) is 6.40. The number of methoxy groups -OCH3 is 2. The van der Waals surface area contributed by atoms with E-state index in [1.54, 1.807) is 31.2 Å². The fraction of sp³-hybridized carbons (Fsp3) is 0.200. The van der Waals surface area contributed by atoms with Crippen molar-refractivity contribution in [3.05, 3.63) is 77.3 Å². The molecule has 11 heteroatoms. The van der Waals surface area contributed by atoms with Crippen molar-refractivity contribution in [2.24, 2.45) is 0 Å². The fourth-order valence-corrected chi connectivity index (χ4v) is 4.00. The number of aliphatic hydroxyl groups is 1. The molecule has 1 aliphatic rings. The summed E-state index contributed by atoms with van der Waals surface area (Å²) in [7, 11) is 2.73. The molecule has 1 aromatic heterocycles. The van der Waals surface area contributed by atoms with E-state index in [-0.39, 0.29) is 34.1 Å². The third-order valence-corrected chi connectivity index (χ3v) is 5.49. The van der Waals surface area contributed by atoms with Crippen molar-refractivity contribution in [3.8, 4) is 17.2 Å². The zero-order valence-electron chi connectivity index (χ0n) is 19.3. The number of aryl methyl sites for hydroxylation is 1. The number of carbonyl (C=O) groups excluding carboxylic acids is 2. The van der Waals surface area contributed by atoms with Crippen molar-refractivity contribution < 1.29 is 46.5 Å². The number of alkyl halides is 3. The predicted molar refractivity (Wildman–Crippen MR) is 121 cm³/mol. The quantitative estimate of drug-likeness (QED) is 0.283. The van der Waals surface area contributed by atoms with Gasteiger partial charge in [-0.3, -0.25) is 14.5 Å². The topological polar surface area (TPSA) is 98.4 Å². The van der Waals surface area contributed by atoms with Crippen LogP contribution in [0.2, 0.25) is 0 Å². The molecular formula is C25H20F3NO7. The van der Waals surface area contributed by atoms with E-state index in [4.69, 9.17) is 13.9 Å². The number of halogens is 3. The van der Waals surface area contributed by atoms with E-state index < -0.39 is 35.6 Å². The molecule has 188 valence electrons. The number of aliphatic hydroxyl groups excluding tert-OH is 1. The molecule has 8 nitrogen and oxygen atoms in total. The molecule has 2 heterocycles. The lowest BCUT2D eigenvalue weighted by molar-refractivity contribution is -0.274. The molecule has 1 amide bonds. The molecule has 1 atom stereocenters. The largest absolute Gasteiger partial charge is 0.573 e. The second-order valence-electron chi connectivity index (χ2n) is 7.70. The number of benzene rings is 2. The minimum atomic E-state index is -4.90. The molecule has 1 unspecified atom stereocenters. The molecule has 3 aromatic rings. The van der Waals surface area contributed by atoms with Gasteiger partial charge < -0.3 is 23.7 Å². The van der Waals surface area contributed by atoms with Crippen molar-refractivity contribution >= 4 is 23.1 Å². The van der Waals surface area contributed by atoms with E-state index in [0.717, 1.165) is 17.0 Å². The van der Waals surface area contributed by atoms with Gasteiger partial charge in [-0.1, -0.05) is 6.07 Å². The molecule has 0 aliphatic carbocycles. The molecule has 1 N–H and O–H groups in total. The van der Waals surface area contributed by atoms with Crippen LogP contribution in [-0.2, 0) is 9.59 Å². The van der Waals surface area contributed by atoms with Gasteiger partial charge in [-0.2, -0.15) is 0 Å². The van der Waals surface area contributed by atoms with Gasteiger partial charge in [0.2, 0.25) is 0 Å². The highest BCUT2D eigenvalue weighted by Gasteiger charge is 2.49. The van der Waals surface area contributed by atoms with Gasteiger partial charge in [0.05, 0.1) is 19.8 Å². The maximum atomic E-state index is 13.2.